The maximum absolute atomic E-state index is 10.7. The van der Waals surface area contributed by atoms with E-state index in [0.717, 1.165) is 12.1 Å². The number of carboxylic acid groups (broad SMARTS) is 1. The first-order valence-corrected chi connectivity index (χ1v) is 4.65. The second-order valence-corrected chi connectivity index (χ2v) is 3.57. The summed E-state index contributed by atoms with van der Waals surface area (Å²) in [6.45, 7) is 0. The molecule has 0 bridgehead atoms. The first-order valence-electron chi connectivity index (χ1n) is 4.65. The smallest absolute Gasteiger partial charge is 0.320 e. The van der Waals surface area contributed by atoms with Gasteiger partial charge in [-0.3, -0.25) is 14.8 Å². The Bertz CT molecular complexity index is 348. The molecule has 5 nitrogen and oxygen atoms in total. The van der Waals surface area contributed by atoms with Gasteiger partial charge in [0.25, 0.3) is 0 Å². The third kappa shape index (κ3) is 1.50. The standard InChI is InChI=1S/C9H13N3O2/c1-12-8(4-5-10-12)6-2-3-7(11-6)9(13)14/h4-7,11H,2-3H2,1H3,(H,13,14). The van der Waals surface area contributed by atoms with E-state index >= 15 is 0 Å². The predicted molar refractivity (Wildman–Crippen MR) is 49.7 cm³/mol. The van der Waals surface area contributed by atoms with Crippen LogP contribution in [0.15, 0.2) is 12.3 Å². The van der Waals surface area contributed by atoms with Gasteiger partial charge in [-0.2, -0.15) is 5.10 Å². The molecule has 5 heteroatoms. The first kappa shape index (κ1) is 9.21. The van der Waals surface area contributed by atoms with Crippen molar-refractivity contribution in [3.63, 3.8) is 0 Å². The van der Waals surface area contributed by atoms with E-state index < -0.39 is 12.0 Å². The lowest BCUT2D eigenvalue weighted by molar-refractivity contribution is -0.139. The van der Waals surface area contributed by atoms with Crippen LogP contribution in [0.25, 0.3) is 0 Å². The van der Waals surface area contributed by atoms with E-state index in [2.05, 4.69) is 10.4 Å². The maximum atomic E-state index is 10.7. The molecule has 1 aromatic heterocycles. The van der Waals surface area contributed by atoms with E-state index in [-0.39, 0.29) is 6.04 Å². The lowest BCUT2D eigenvalue weighted by Crippen LogP contribution is -2.32. The number of aliphatic carboxylic acids is 1. The number of carboxylic acids is 1. The Kier molecular flexibility index (Phi) is 2.25. The van der Waals surface area contributed by atoms with Gasteiger partial charge in [0.1, 0.15) is 6.04 Å². The highest BCUT2D eigenvalue weighted by Gasteiger charge is 2.30. The molecule has 76 valence electrons. The van der Waals surface area contributed by atoms with Gasteiger partial charge >= 0.3 is 5.97 Å². The summed E-state index contributed by atoms with van der Waals surface area (Å²) in [5, 5.41) is 15.9. The largest absolute Gasteiger partial charge is 0.480 e. The fourth-order valence-electron chi connectivity index (χ4n) is 1.90. The van der Waals surface area contributed by atoms with Crippen LogP contribution < -0.4 is 5.32 Å². The molecule has 2 unspecified atom stereocenters. The number of rotatable bonds is 2. The molecule has 2 N–H and O–H groups in total. The number of aromatic nitrogens is 2. The minimum Gasteiger partial charge on any atom is -0.480 e. The van der Waals surface area contributed by atoms with Crippen molar-refractivity contribution in [3.05, 3.63) is 18.0 Å². The van der Waals surface area contributed by atoms with Gasteiger partial charge in [-0.15, -0.1) is 0 Å². The van der Waals surface area contributed by atoms with Gasteiger partial charge < -0.3 is 5.11 Å². The van der Waals surface area contributed by atoms with Crippen LogP contribution in [0, 0.1) is 0 Å². The summed E-state index contributed by atoms with van der Waals surface area (Å²) in [6, 6.07) is 1.64. The molecule has 0 aromatic carbocycles. The zero-order chi connectivity index (χ0) is 10.1. The van der Waals surface area contributed by atoms with Gasteiger partial charge in [-0.1, -0.05) is 0 Å². The summed E-state index contributed by atoms with van der Waals surface area (Å²) >= 11 is 0. The molecule has 1 aromatic rings. The maximum Gasteiger partial charge on any atom is 0.320 e. The molecule has 0 spiro atoms. The normalized spacial score (nSPS) is 26.6. The quantitative estimate of drug-likeness (QED) is 0.712. The van der Waals surface area contributed by atoms with Crippen molar-refractivity contribution in [1.29, 1.82) is 0 Å². The average Bonchev–Trinajstić information content (AvgIpc) is 2.71. The Morgan fingerprint density at radius 3 is 3.00 bits per heavy atom. The highest BCUT2D eigenvalue weighted by molar-refractivity contribution is 5.73. The van der Waals surface area contributed by atoms with Gasteiger partial charge in [0.2, 0.25) is 0 Å². The topological polar surface area (TPSA) is 67.2 Å². The Balaban J connectivity index is 2.10. The zero-order valence-corrected chi connectivity index (χ0v) is 7.97. The van der Waals surface area contributed by atoms with Crippen LogP contribution in [0.5, 0.6) is 0 Å². The van der Waals surface area contributed by atoms with Crippen molar-refractivity contribution in [3.8, 4) is 0 Å². The van der Waals surface area contributed by atoms with Crippen LogP contribution in [0.3, 0.4) is 0 Å². The van der Waals surface area contributed by atoms with Gasteiger partial charge in [0.15, 0.2) is 0 Å². The number of carbonyl (C=O) groups is 1. The number of hydrogen-bond acceptors (Lipinski definition) is 3. The molecular weight excluding hydrogens is 182 g/mol. The minimum atomic E-state index is -0.769. The summed E-state index contributed by atoms with van der Waals surface area (Å²) in [6.07, 6.45) is 3.27. The van der Waals surface area contributed by atoms with Crippen LogP contribution in [-0.2, 0) is 11.8 Å². The molecule has 1 saturated heterocycles. The van der Waals surface area contributed by atoms with Crippen molar-refractivity contribution in [2.45, 2.75) is 24.9 Å². The number of hydrogen-bond donors (Lipinski definition) is 2. The van der Waals surface area contributed by atoms with E-state index in [1.165, 1.54) is 0 Å². The van der Waals surface area contributed by atoms with Crippen molar-refractivity contribution >= 4 is 5.97 Å². The second-order valence-electron chi connectivity index (χ2n) is 3.57. The fourth-order valence-corrected chi connectivity index (χ4v) is 1.90. The summed E-state index contributed by atoms with van der Waals surface area (Å²) in [5.74, 6) is -0.769. The highest BCUT2D eigenvalue weighted by Crippen LogP contribution is 2.25. The monoisotopic (exact) mass is 195 g/mol. The van der Waals surface area contributed by atoms with Crippen LogP contribution >= 0.6 is 0 Å². The fraction of sp³-hybridized carbons (Fsp3) is 0.556. The molecule has 14 heavy (non-hydrogen) atoms. The summed E-state index contributed by atoms with van der Waals surface area (Å²) in [5.41, 5.74) is 1.05. The second kappa shape index (κ2) is 3.42. The molecule has 1 fully saturated rings. The molecule has 1 aliphatic heterocycles. The summed E-state index contributed by atoms with van der Waals surface area (Å²) < 4.78 is 1.78. The van der Waals surface area contributed by atoms with Gasteiger partial charge in [0.05, 0.1) is 5.69 Å². The Morgan fingerprint density at radius 2 is 2.50 bits per heavy atom. The molecular formula is C9H13N3O2. The minimum absolute atomic E-state index is 0.128. The number of aryl methyl sites for hydroxylation is 1. The Hall–Kier alpha value is -1.36. The Labute approximate surface area is 81.7 Å². The van der Waals surface area contributed by atoms with Crippen LogP contribution in [0.1, 0.15) is 24.6 Å². The van der Waals surface area contributed by atoms with Gasteiger partial charge in [0, 0.05) is 19.3 Å². The molecule has 1 aliphatic rings. The van der Waals surface area contributed by atoms with Crippen LogP contribution in [0.2, 0.25) is 0 Å². The molecule has 0 radical (unpaired) electrons. The van der Waals surface area contributed by atoms with E-state index in [9.17, 15) is 4.79 Å². The highest BCUT2D eigenvalue weighted by atomic mass is 16.4. The SMILES string of the molecule is Cn1nccc1C1CCC(C(=O)O)N1. The van der Waals surface area contributed by atoms with E-state index in [1.807, 2.05) is 13.1 Å². The molecule has 0 saturated carbocycles. The van der Waals surface area contributed by atoms with Gasteiger partial charge in [-0.25, -0.2) is 0 Å². The average molecular weight is 195 g/mol. The van der Waals surface area contributed by atoms with E-state index in [4.69, 9.17) is 5.11 Å². The third-order valence-electron chi connectivity index (χ3n) is 2.66. The van der Waals surface area contributed by atoms with Crippen molar-refractivity contribution in [1.82, 2.24) is 15.1 Å². The third-order valence-corrected chi connectivity index (χ3v) is 2.66. The summed E-state index contributed by atoms with van der Waals surface area (Å²) in [4.78, 5) is 10.7. The number of nitrogens with zero attached hydrogens (tertiary/aromatic N) is 2. The molecule has 2 atom stereocenters. The molecule has 0 amide bonds. The van der Waals surface area contributed by atoms with Crippen molar-refractivity contribution < 1.29 is 9.90 Å². The Morgan fingerprint density at radius 1 is 1.71 bits per heavy atom. The van der Waals surface area contributed by atoms with Crippen LogP contribution in [-0.4, -0.2) is 26.9 Å². The van der Waals surface area contributed by atoms with Gasteiger partial charge in [-0.05, 0) is 18.9 Å². The first-order chi connectivity index (χ1) is 6.68. The molecule has 2 rings (SSSR count). The molecule has 2 heterocycles. The van der Waals surface area contributed by atoms with Crippen LogP contribution in [0.4, 0.5) is 0 Å². The predicted octanol–water partition coefficient (Wildman–Crippen LogP) is 0.298. The van der Waals surface area contributed by atoms with Crippen molar-refractivity contribution in [2.75, 3.05) is 0 Å². The van der Waals surface area contributed by atoms with E-state index in [0.29, 0.717) is 6.42 Å². The lowest BCUT2D eigenvalue weighted by atomic mass is 10.1. The number of nitrogens with one attached hydrogen (secondary N) is 1. The summed E-state index contributed by atoms with van der Waals surface area (Å²) in [7, 11) is 1.87. The zero-order valence-electron chi connectivity index (χ0n) is 7.97. The van der Waals surface area contributed by atoms with E-state index in [1.54, 1.807) is 10.9 Å². The lowest BCUT2D eigenvalue weighted by Gasteiger charge is -2.11. The molecule has 0 aliphatic carbocycles. The van der Waals surface area contributed by atoms with Crippen molar-refractivity contribution in [2.24, 2.45) is 7.05 Å².